The molecule has 2 N–H and O–H groups in total. The summed E-state index contributed by atoms with van der Waals surface area (Å²) in [6.45, 7) is 7.85. The fourth-order valence-electron chi connectivity index (χ4n) is 4.96. The van der Waals surface area contributed by atoms with Gasteiger partial charge in [-0.05, 0) is 83.5 Å². The Labute approximate surface area is 206 Å². The Morgan fingerprint density at radius 1 is 0.970 bits per heavy atom. The monoisotopic (exact) mass is 502 g/mol. The Hall–Kier alpha value is -0.530. The highest BCUT2D eigenvalue weighted by Gasteiger charge is 2.32. The first-order valence-electron chi connectivity index (χ1n) is 12.8. The second-order valence-corrected chi connectivity index (χ2v) is 15.3. The summed E-state index contributed by atoms with van der Waals surface area (Å²) < 4.78 is 26.3. The second kappa shape index (κ2) is 13.0. The number of hydrogen-bond acceptors (Lipinski definition) is 4. The van der Waals surface area contributed by atoms with Crippen molar-refractivity contribution in [2.45, 2.75) is 127 Å². The zero-order valence-corrected chi connectivity index (χ0v) is 22.8. The molecule has 192 valence electrons. The summed E-state index contributed by atoms with van der Waals surface area (Å²) in [5.74, 6) is -0.774. The van der Waals surface area contributed by atoms with Crippen LogP contribution in [0.1, 0.15) is 111 Å². The second-order valence-electron chi connectivity index (χ2n) is 11.5. The van der Waals surface area contributed by atoms with E-state index in [0.717, 1.165) is 82.0 Å². The van der Waals surface area contributed by atoms with Crippen LogP contribution in [0.4, 0.5) is 0 Å². The number of rotatable bonds is 13. The highest BCUT2D eigenvalue weighted by Crippen LogP contribution is 2.34. The first-order valence-corrected chi connectivity index (χ1v) is 15.3. The number of aliphatic hydroxyl groups excluding tert-OH is 1. The van der Waals surface area contributed by atoms with Gasteiger partial charge in [-0.1, -0.05) is 39.2 Å². The van der Waals surface area contributed by atoms with Crippen LogP contribution in [0.5, 0.6) is 0 Å². The molecule has 0 aliphatic carbocycles. The molecule has 2 aliphatic rings. The van der Waals surface area contributed by atoms with E-state index in [1.54, 1.807) is 13.8 Å². The number of carbonyl (C=O) groups is 1. The number of allylic oxidation sites excluding steroid dienone is 2. The van der Waals surface area contributed by atoms with Gasteiger partial charge in [0.2, 0.25) is 0 Å². The summed E-state index contributed by atoms with van der Waals surface area (Å²) >= 11 is 0. The quantitative estimate of drug-likeness (QED) is 0.337. The maximum atomic E-state index is 13.2. The van der Waals surface area contributed by atoms with Crippen molar-refractivity contribution in [3.63, 3.8) is 0 Å². The van der Waals surface area contributed by atoms with Crippen molar-refractivity contribution in [3.8, 4) is 0 Å². The predicted molar refractivity (Wildman–Crippen MR) is 138 cm³/mol. The number of carboxylic acids is 1. The van der Waals surface area contributed by atoms with Crippen LogP contribution >= 0.6 is 0 Å². The van der Waals surface area contributed by atoms with Crippen molar-refractivity contribution < 1.29 is 23.4 Å². The van der Waals surface area contributed by atoms with Crippen LogP contribution in [-0.4, -0.2) is 47.0 Å². The van der Waals surface area contributed by atoms with E-state index in [1.165, 1.54) is 0 Å². The van der Waals surface area contributed by atoms with Gasteiger partial charge in [-0.15, -0.1) is 0 Å². The molecule has 7 heteroatoms. The molecule has 0 saturated carbocycles. The van der Waals surface area contributed by atoms with Crippen LogP contribution in [0.15, 0.2) is 11.0 Å². The predicted octanol–water partition coefficient (Wildman–Crippen LogP) is 5.70. The van der Waals surface area contributed by atoms with E-state index >= 15 is 0 Å². The molecule has 1 saturated heterocycles. The SMILES string of the molecule is CC(C)(CO)CCCC1CCCC(CCC2=CCCC(CCCC(C)(C)C(=O)O)S2=O)S1=O. The molecule has 0 spiro atoms. The van der Waals surface area contributed by atoms with E-state index in [-0.39, 0.29) is 27.8 Å². The normalized spacial score (nSPS) is 29.0. The number of aliphatic carboxylic acids is 1. The van der Waals surface area contributed by atoms with E-state index in [1.807, 2.05) is 0 Å². The van der Waals surface area contributed by atoms with Crippen LogP contribution in [0.3, 0.4) is 0 Å². The number of hydrogen-bond donors (Lipinski definition) is 2. The molecular formula is C26H46O5S2. The first kappa shape index (κ1) is 28.7. The van der Waals surface area contributed by atoms with Gasteiger partial charge in [-0.25, -0.2) is 0 Å². The van der Waals surface area contributed by atoms with Crippen molar-refractivity contribution in [1.29, 1.82) is 0 Å². The molecule has 0 aromatic rings. The zero-order valence-electron chi connectivity index (χ0n) is 21.1. The van der Waals surface area contributed by atoms with Crippen LogP contribution < -0.4 is 0 Å². The molecule has 0 amide bonds. The first-order chi connectivity index (χ1) is 15.5. The lowest BCUT2D eigenvalue weighted by Crippen LogP contribution is -2.32. The lowest BCUT2D eigenvalue weighted by Gasteiger charge is -2.30. The molecule has 0 bridgehead atoms. The molecule has 0 radical (unpaired) electrons. The molecule has 0 aromatic carbocycles. The highest BCUT2D eigenvalue weighted by atomic mass is 32.2. The molecule has 5 atom stereocenters. The lowest BCUT2D eigenvalue weighted by molar-refractivity contribution is -0.147. The third-order valence-electron chi connectivity index (χ3n) is 7.56. The fraction of sp³-hybridized carbons (Fsp3) is 0.885. The number of aliphatic hydroxyl groups is 1. The maximum absolute atomic E-state index is 13.2. The molecule has 2 rings (SSSR count). The molecule has 5 nitrogen and oxygen atoms in total. The van der Waals surface area contributed by atoms with Crippen molar-refractivity contribution in [1.82, 2.24) is 0 Å². The van der Waals surface area contributed by atoms with E-state index in [2.05, 4.69) is 19.9 Å². The van der Waals surface area contributed by atoms with Crippen LogP contribution in [0.2, 0.25) is 0 Å². The molecule has 2 heterocycles. The standard InChI is InChI=1S/C26H46O5S2/c1-25(2,19-27)17-7-13-20-9-5-11-22(32(20)30)15-16-23-12-6-10-21(33(23)31)14-8-18-26(3,4)24(28)29/h12,20-22,27H,5-11,13-19H2,1-4H3,(H,28,29). The van der Waals surface area contributed by atoms with Gasteiger partial charge in [0, 0.05) is 38.1 Å². The van der Waals surface area contributed by atoms with Crippen molar-refractivity contribution in [3.05, 3.63) is 11.0 Å². The third-order valence-corrected chi connectivity index (χ3v) is 11.8. The van der Waals surface area contributed by atoms with Crippen LogP contribution in [0.25, 0.3) is 0 Å². The maximum Gasteiger partial charge on any atom is 0.309 e. The summed E-state index contributed by atoms with van der Waals surface area (Å²) in [7, 11) is -1.84. The van der Waals surface area contributed by atoms with Crippen molar-refractivity contribution in [2.75, 3.05) is 6.61 Å². The van der Waals surface area contributed by atoms with E-state index in [0.29, 0.717) is 6.42 Å². The minimum atomic E-state index is -1.00. The van der Waals surface area contributed by atoms with Gasteiger partial charge >= 0.3 is 5.97 Å². The highest BCUT2D eigenvalue weighted by molar-refractivity contribution is 7.89. The molecule has 33 heavy (non-hydrogen) atoms. The molecular weight excluding hydrogens is 456 g/mol. The van der Waals surface area contributed by atoms with Crippen molar-refractivity contribution >= 4 is 27.6 Å². The van der Waals surface area contributed by atoms with E-state index in [9.17, 15) is 23.4 Å². The Balaban J connectivity index is 1.80. The summed E-state index contributed by atoms with van der Waals surface area (Å²) in [5.41, 5.74) is -0.794. The summed E-state index contributed by atoms with van der Waals surface area (Å²) in [6.07, 6.45) is 13.9. The number of carboxylic acid groups (broad SMARTS) is 1. The van der Waals surface area contributed by atoms with E-state index < -0.39 is 33.0 Å². The zero-order chi connectivity index (χ0) is 24.6. The van der Waals surface area contributed by atoms with Gasteiger partial charge in [-0.3, -0.25) is 13.2 Å². The van der Waals surface area contributed by atoms with Gasteiger partial charge in [0.25, 0.3) is 0 Å². The average molecular weight is 503 g/mol. The molecule has 1 fully saturated rings. The smallest absolute Gasteiger partial charge is 0.309 e. The van der Waals surface area contributed by atoms with Crippen LogP contribution in [-0.2, 0) is 26.4 Å². The topological polar surface area (TPSA) is 91.7 Å². The Bertz CT molecular complexity index is 728. The van der Waals surface area contributed by atoms with Gasteiger partial charge in [0.1, 0.15) is 0 Å². The Morgan fingerprint density at radius 3 is 2.21 bits per heavy atom. The minimum Gasteiger partial charge on any atom is -0.481 e. The van der Waals surface area contributed by atoms with E-state index in [4.69, 9.17) is 0 Å². The van der Waals surface area contributed by atoms with Gasteiger partial charge in [-0.2, -0.15) is 0 Å². The minimum absolute atomic E-state index is 0.0625. The Morgan fingerprint density at radius 2 is 1.58 bits per heavy atom. The van der Waals surface area contributed by atoms with Gasteiger partial charge < -0.3 is 10.2 Å². The molecule has 5 unspecified atom stereocenters. The molecule has 2 aliphatic heterocycles. The van der Waals surface area contributed by atoms with Crippen LogP contribution in [0, 0.1) is 10.8 Å². The average Bonchev–Trinajstić information content (AvgIpc) is 2.75. The Kier molecular flexibility index (Phi) is 11.3. The summed E-state index contributed by atoms with van der Waals surface area (Å²) in [6, 6.07) is 0. The summed E-state index contributed by atoms with van der Waals surface area (Å²) in [5, 5.41) is 19.3. The van der Waals surface area contributed by atoms with Gasteiger partial charge in [0.05, 0.1) is 16.2 Å². The van der Waals surface area contributed by atoms with Gasteiger partial charge in [0.15, 0.2) is 0 Å². The third kappa shape index (κ3) is 8.88. The summed E-state index contributed by atoms with van der Waals surface area (Å²) in [4.78, 5) is 12.3. The fourth-order valence-corrected chi connectivity index (χ4v) is 8.81. The lowest BCUT2D eigenvalue weighted by atomic mass is 9.87. The largest absolute Gasteiger partial charge is 0.481 e. The van der Waals surface area contributed by atoms with Crippen molar-refractivity contribution in [2.24, 2.45) is 10.8 Å². The molecule has 0 aromatic heterocycles.